The van der Waals surface area contributed by atoms with E-state index in [2.05, 4.69) is 36.3 Å². The maximum Gasteiger partial charge on any atom is 0.251 e. The van der Waals surface area contributed by atoms with E-state index < -0.39 is 5.91 Å². The van der Waals surface area contributed by atoms with Gasteiger partial charge in [-0.1, -0.05) is 50.1 Å². The van der Waals surface area contributed by atoms with E-state index in [1.807, 2.05) is 11.0 Å². The minimum Gasteiger partial charge on any atom is -0.396 e. The van der Waals surface area contributed by atoms with Gasteiger partial charge in [-0.05, 0) is 56.9 Å². The molecular weight excluding hydrogens is 500 g/mol. The smallest absolute Gasteiger partial charge is 0.251 e. The molecule has 0 radical (unpaired) electrons. The van der Waals surface area contributed by atoms with Crippen molar-refractivity contribution in [2.24, 2.45) is 27.8 Å². The molecule has 2 aliphatic heterocycles. The first-order chi connectivity index (χ1) is 18.5. The minimum atomic E-state index is -0.435. The molecule has 38 heavy (non-hydrogen) atoms. The lowest BCUT2D eigenvalue weighted by Gasteiger charge is -2.36. The molecule has 1 saturated carbocycles. The quantitative estimate of drug-likeness (QED) is 0.246. The summed E-state index contributed by atoms with van der Waals surface area (Å²) in [7, 11) is 0. The summed E-state index contributed by atoms with van der Waals surface area (Å²) in [4.78, 5) is 31.8. The zero-order chi connectivity index (χ0) is 27.1. The number of hydrogen-bond donors (Lipinski definition) is 2. The molecule has 9 nitrogen and oxygen atoms in total. The zero-order valence-corrected chi connectivity index (χ0v) is 24.0. The third-order valence-corrected chi connectivity index (χ3v) is 9.04. The molecule has 3 atom stereocenters. The van der Waals surface area contributed by atoms with Crippen LogP contribution < -0.4 is 16.1 Å². The van der Waals surface area contributed by atoms with E-state index in [1.165, 1.54) is 0 Å². The van der Waals surface area contributed by atoms with Gasteiger partial charge in [0.25, 0.3) is 5.91 Å². The van der Waals surface area contributed by atoms with Crippen LogP contribution in [0.15, 0.2) is 16.3 Å². The second-order valence-electron chi connectivity index (χ2n) is 10.6. The molecule has 10 heteroatoms. The van der Waals surface area contributed by atoms with Gasteiger partial charge in [0.2, 0.25) is 5.91 Å². The maximum absolute atomic E-state index is 12.3. The van der Waals surface area contributed by atoms with Gasteiger partial charge in [0, 0.05) is 31.8 Å². The Morgan fingerprint density at radius 1 is 1.29 bits per heavy atom. The number of likely N-dealkylation sites (tertiary alicyclic amines) is 1. The number of carbonyl (C=O) groups is 2. The number of unbranched alkanes of at least 4 members (excludes halogenated alkanes) is 2. The van der Waals surface area contributed by atoms with E-state index in [1.54, 1.807) is 11.3 Å². The largest absolute Gasteiger partial charge is 0.396 e. The molecule has 1 aromatic rings. The second kappa shape index (κ2) is 13.4. The molecule has 1 aliphatic carbocycles. The first-order valence-corrected chi connectivity index (χ1v) is 15.3. The fraction of sp³-hybridized carbons (Fsp3) is 0.714. The number of amides is 2. The number of nitrogens with zero attached hydrogens (tertiary/aromatic N) is 4. The normalized spacial score (nSPS) is 24.2. The molecule has 210 valence electrons. The number of rotatable bonds is 14. The summed E-state index contributed by atoms with van der Waals surface area (Å²) >= 11 is 1.54. The lowest BCUT2D eigenvalue weighted by Crippen LogP contribution is -2.44. The highest BCUT2D eigenvalue weighted by Crippen LogP contribution is 2.44. The topological polar surface area (TPSA) is 113 Å². The molecule has 2 fully saturated rings. The molecule has 1 saturated heterocycles. The first kappa shape index (κ1) is 28.4. The first-order valence-electron chi connectivity index (χ1n) is 14.5. The number of thiophene rings is 1. The molecule has 2 amide bonds. The Balaban J connectivity index is 1.47. The predicted octanol–water partition coefficient (Wildman–Crippen LogP) is 5.23. The SMILES string of the molecule is CCCCO/N=C1\CC(CC)CC2C1C(CC)=NN2c1cc(C(N)=O)c(NCCCCN2CCCC2=O)s1. The Morgan fingerprint density at radius 3 is 2.82 bits per heavy atom. The number of nitrogens with one attached hydrogen (secondary N) is 1. The van der Waals surface area contributed by atoms with Crippen LogP contribution in [0.1, 0.15) is 95.3 Å². The summed E-state index contributed by atoms with van der Waals surface area (Å²) < 4.78 is 0. The number of carbonyl (C=O) groups excluding carboxylic acids is 2. The van der Waals surface area contributed by atoms with Crippen LogP contribution in [0.4, 0.5) is 10.0 Å². The molecule has 0 aromatic carbocycles. The van der Waals surface area contributed by atoms with Crippen molar-refractivity contribution in [1.29, 1.82) is 0 Å². The summed E-state index contributed by atoms with van der Waals surface area (Å²) in [6.07, 6.45) is 9.49. The van der Waals surface area contributed by atoms with Gasteiger partial charge in [0.05, 0.1) is 23.2 Å². The number of anilines is 2. The zero-order valence-electron chi connectivity index (χ0n) is 23.2. The van der Waals surface area contributed by atoms with Crippen LogP contribution in [0.25, 0.3) is 0 Å². The molecule has 0 bridgehead atoms. The summed E-state index contributed by atoms with van der Waals surface area (Å²) in [5.74, 6) is 0.499. The highest BCUT2D eigenvalue weighted by Gasteiger charge is 2.46. The van der Waals surface area contributed by atoms with E-state index in [0.717, 1.165) is 98.8 Å². The number of oxime groups is 1. The Hall–Kier alpha value is -2.62. The van der Waals surface area contributed by atoms with E-state index in [-0.39, 0.29) is 17.9 Å². The molecule has 3 N–H and O–H groups in total. The fourth-order valence-corrected chi connectivity index (χ4v) is 6.86. The van der Waals surface area contributed by atoms with Crippen LogP contribution in [0, 0.1) is 11.8 Å². The van der Waals surface area contributed by atoms with E-state index in [0.29, 0.717) is 24.5 Å². The van der Waals surface area contributed by atoms with Gasteiger partial charge in [-0.15, -0.1) is 0 Å². The van der Waals surface area contributed by atoms with E-state index in [4.69, 9.17) is 15.7 Å². The van der Waals surface area contributed by atoms with Crippen LogP contribution in [0.3, 0.4) is 0 Å². The van der Waals surface area contributed by atoms with Crippen molar-refractivity contribution in [2.75, 3.05) is 36.6 Å². The van der Waals surface area contributed by atoms with Gasteiger partial charge in [0.15, 0.2) is 0 Å². The molecule has 3 unspecified atom stereocenters. The summed E-state index contributed by atoms with van der Waals surface area (Å²) in [5, 5.41) is 17.0. The maximum atomic E-state index is 12.3. The van der Waals surface area contributed by atoms with E-state index >= 15 is 0 Å². The second-order valence-corrected chi connectivity index (χ2v) is 11.7. The van der Waals surface area contributed by atoms with Crippen LogP contribution in [-0.2, 0) is 9.63 Å². The third kappa shape index (κ3) is 6.50. The lowest BCUT2D eigenvalue weighted by atomic mass is 9.74. The van der Waals surface area contributed by atoms with Crippen molar-refractivity contribution in [3.05, 3.63) is 11.6 Å². The van der Waals surface area contributed by atoms with Crippen LogP contribution in [0.5, 0.6) is 0 Å². The van der Waals surface area contributed by atoms with Crippen LogP contribution in [0.2, 0.25) is 0 Å². The standard InChI is InChI=1S/C28H44N6O3S/c1-4-7-15-37-32-22-16-19(5-2)17-23-26(22)21(6-3)31-34(23)25-18-20(27(29)36)28(38-25)30-12-8-9-13-33-14-10-11-24(33)35/h18-19,23,26,30H,4-17H2,1-3H3,(H2,29,36)/b32-22+. The van der Waals surface area contributed by atoms with Gasteiger partial charge in [-0.25, -0.2) is 0 Å². The number of hydrogen-bond acceptors (Lipinski definition) is 8. The fourth-order valence-electron chi connectivity index (χ4n) is 5.76. The Labute approximate surface area is 230 Å². The van der Waals surface area contributed by atoms with Gasteiger partial charge < -0.3 is 20.8 Å². The molecular formula is C28H44N6O3S. The Kier molecular flexibility index (Phi) is 10.0. The predicted molar refractivity (Wildman–Crippen MR) is 155 cm³/mol. The highest BCUT2D eigenvalue weighted by atomic mass is 32.1. The monoisotopic (exact) mass is 544 g/mol. The minimum absolute atomic E-state index is 0.147. The van der Waals surface area contributed by atoms with Gasteiger partial charge in [-0.3, -0.25) is 14.6 Å². The number of primary amides is 1. The van der Waals surface area contributed by atoms with Gasteiger partial charge in [0.1, 0.15) is 16.6 Å². The highest BCUT2D eigenvalue weighted by molar-refractivity contribution is 7.20. The van der Waals surface area contributed by atoms with Crippen molar-refractivity contribution in [2.45, 2.75) is 91.0 Å². The van der Waals surface area contributed by atoms with Crippen molar-refractivity contribution in [1.82, 2.24) is 4.90 Å². The van der Waals surface area contributed by atoms with Crippen molar-refractivity contribution >= 4 is 44.6 Å². The van der Waals surface area contributed by atoms with Gasteiger partial charge in [-0.2, -0.15) is 5.10 Å². The molecule has 0 spiro atoms. The molecule has 1 aromatic heterocycles. The average Bonchev–Trinajstić information content (AvgIpc) is 3.62. The number of fused-ring (bicyclic) bond motifs is 1. The molecule has 3 aliphatic rings. The van der Waals surface area contributed by atoms with Crippen molar-refractivity contribution in [3.8, 4) is 0 Å². The average molecular weight is 545 g/mol. The lowest BCUT2D eigenvalue weighted by molar-refractivity contribution is -0.127. The third-order valence-electron chi connectivity index (χ3n) is 7.96. The van der Waals surface area contributed by atoms with Gasteiger partial charge >= 0.3 is 0 Å². The van der Waals surface area contributed by atoms with Crippen molar-refractivity contribution in [3.63, 3.8) is 0 Å². The van der Waals surface area contributed by atoms with Crippen LogP contribution in [-0.4, -0.2) is 60.4 Å². The summed E-state index contributed by atoms with van der Waals surface area (Å²) in [6, 6.07) is 2.06. The Morgan fingerprint density at radius 2 is 2.13 bits per heavy atom. The van der Waals surface area contributed by atoms with Crippen LogP contribution >= 0.6 is 11.3 Å². The summed E-state index contributed by atoms with van der Waals surface area (Å²) in [6.45, 7) is 9.58. The number of nitrogens with two attached hydrogens (primary N) is 1. The van der Waals surface area contributed by atoms with Crippen molar-refractivity contribution < 1.29 is 14.4 Å². The molecule has 4 rings (SSSR count). The Bertz CT molecular complexity index is 1040. The van der Waals surface area contributed by atoms with E-state index in [9.17, 15) is 9.59 Å². The summed E-state index contributed by atoms with van der Waals surface area (Å²) in [5.41, 5.74) is 8.52. The molecule has 3 heterocycles. The number of hydrazone groups is 1.